The van der Waals surface area contributed by atoms with Crippen molar-refractivity contribution in [1.29, 1.82) is 0 Å². The second kappa shape index (κ2) is 35.4. The lowest BCUT2D eigenvalue weighted by molar-refractivity contribution is -0.870. The van der Waals surface area contributed by atoms with Crippen LogP contribution in [0.2, 0.25) is 0 Å². The molecule has 0 aromatic carbocycles. The van der Waals surface area contributed by atoms with Gasteiger partial charge in [-0.15, -0.1) is 0 Å². The largest absolute Gasteiger partial charge is 0.756 e. The Labute approximate surface area is 324 Å². The van der Waals surface area contributed by atoms with E-state index in [0.717, 1.165) is 51.4 Å². The molecule has 0 saturated carbocycles. The van der Waals surface area contributed by atoms with Gasteiger partial charge in [-0.05, 0) is 44.9 Å². The van der Waals surface area contributed by atoms with Crippen LogP contribution in [0.4, 0.5) is 0 Å². The summed E-state index contributed by atoms with van der Waals surface area (Å²) in [5, 5.41) is 0. The number of likely N-dealkylation sites (N-methyl/N-ethyl adjacent to an activating group) is 1. The molecule has 0 amide bonds. The molecule has 0 spiro atoms. The van der Waals surface area contributed by atoms with Crippen molar-refractivity contribution < 1.29 is 42.1 Å². The first-order valence-electron chi connectivity index (χ1n) is 20.5. The summed E-state index contributed by atoms with van der Waals surface area (Å²) < 4.78 is 33.7. The number of allylic oxidation sites excluding steroid dienone is 10. The van der Waals surface area contributed by atoms with Crippen molar-refractivity contribution >= 4 is 19.8 Å². The second-order valence-corrected chi connectivity index (χ2v) is 16.1. The minimum absolute atomic E-state index is 0.0456. The minimum atomic E-state index is -4.64. The summed E-state index contributed by atoms with van der Waals surface area (Å²) in [6, 6.07) is 0. The zero-order valence-electron chi connectivity index (χ0n) is 34.2. The first kappa shape index (κ1) is 50.7. The monoisotopic (exact) mass is 766 g/mol. The van der Waals surface area contributed by atoms with E-state index >= 15 is 0 Å². The number of carbonyl (C=O) groups is 2. The van der Waals surface area contributed by atoms with Crippen LogP contribution in [0.15, 0.2) is 60.8 Å². The number of quaternary nitrogens is 1. The highest BCUT2D eigenvalue weighted by Crippen LogP contribution is 2.38. The number of nitrogens with zero attached hydrogens (tertiary/aromatic N) is 1. The summed E-state index contributed by atoms with van der Waals surface area (Å²) in [4.78, 5) is 37.4. The third kappa shape index (κ3) is 39.2. The highest BCUT2D eigenvalue weighted by Gasteiger charge is 2.21. The van der Waals surface area contributed by atoms with Gasteiger partial charge < -0.3 is 27.9 Å². The highest BCUT2D eigenvalue weighted by atomic mass is 31.2. The van der Waals surface area contributed by atoms with E-state index in [-0.39, 0.29) is 26.1 Å². The fourth-order valence-electron chi connectivity index (χ4n) is 5.06. The van der Waals surface area contributed by atoms with Gasteiger partial charge in [-0.3, -0.25) is 14.2 Å². The van der Waals surface area contributed by atoms with Gasteiger partial charge in [0, 0.05) is 12.8 Å². The third-order valence-corrected chi connectivity index (χ3v) is 9.25. The maximum absolute atomic E-state index is 12.6. The van der Waals surface area contributed by atoms with Crippen LogP contribution in [0.3, 0.4) is 0 Å². The lowest BCUT2D eigenvalue weighted by Crippen LogP contribution is -2.37. The quantitative estimate of drug-likeness (QED) is 0.0204. The van der Waals surface area contributed by atoms with E-state index in [1.807, 2.05) is 33.3 Å². The molecule has 0 heterocycles. The Hall–Kier alpha value is -2.29. The number of phosphoric acid groups is 1. The van der Waals surface area contributed by atoms with Crippen LogP contribution >= 0.6 is 7.82 Å². The average Bonchev–Trinajstić information content (AvgIpc) is 3.10. The van der Waals surface area contributed by atoms with Crippen LogP contribution in [0.25, 0.3) is 0 Å². The molecule has 0 aliphatic carbocycles. The number of carbonyl (C=O) groups excluding carboxylic acids is 2. The summed E-state index contributed by atoms with van der Waals surface area (Å²) in [6.07, 6.45) is 41.2. The SMILES string of the molecule is CCC/C=C\C/C=C\C/C=C\C/C=C\C/C=C\CCC(=O)OC(COC(=O)CCCCCCCCCCCCCC)COP(=O)([O-])OCC[N+](C)(C)C. The van der Waals surface area contributed by atoms with Crippen molar-refractivity contribution in [2.24, 2.45) is 0 Å². The van der Waals surface area contributed by atoms with Crippen molar-refractivity contribution in [3.05, 3.63) is 60.8 Å². The molecule has 0 aromatic rings. The fraction of sp³-hybridized carbons (Fsp3) is 0.721. The summed E-state index contributed by atoms with van der Waals surface area (Å²) in [5.74, 6) is -0.935. The molecule has 53 heavy (non-hydrogen) atoms. The maximum Gasteiger partial charge on any atom is 0.306 e. The van der Waals surface area contributed by atoms with Gasteiger partial charge in [0.25, 0.3) is 7.82 Å². The predicted octanol–water partition coefficient (Wildman–Crippen LogP) is 10.7. The van der Waals surface area contributed by atoms with Gasteiger partial charge in [0.1, 0.15) is 19.8 Å². The smallest absolute Gasteiger partial charge is 0.306 e. The first-order chi connectivity index (χ1) is 25.5. The Bertz CT molecular complexity index is 1090. The molecule has 0 radical (unpaired) electrons. The van der Waals surface area contributed by atoms with E-state index in [1.165, 1.54) is 64.2 Å². The lowest BCUT2D eigenvalue weighted by Gasteiger charge is -2.28. The number of ether oxygens (including phenoxy) is 2. The Morgan fingerprint density at radius 1 is 0.585 bits per heavy atom. The second-order valence-electron chi connectivity index (χ2n) is 14.7. The van der Waals surface area contributed by atoms with Crippen LogP contribution in [0.5, 0.6) is 0 Å². The Balaban J connectivity index is 4.54. The molecule has 0 aliphatic heterocycles. The molecule has 306 valence electrons. The molecule has 0 N–H and O–H groups in total. The van der Waals surface area contributed by atoms with Crippen molar-refractivity contribution in [2.45, 2.75) is 155 Å². The normalized spacial score (nSPS) is 14.3. The molecule has 0 saturated heterocycles. The van der Waals surface area contributed by atoms with Gasteiger partial charge in [-0.1, -0.05) is 152 Å². The molecule has 0 aromatic heterocycles. The van der Waals surface area contributed by atoms with Crippen molar-refractivity contribution in [2.75, 3.05) is 47.5 Å². The van der Waals surface area contributed by atoms with E-state index in [0.29, 0.717) is 17.4 Å². The zero-order valence-corrected chi connectivity index (χ0v) is 35.1. The Morgan fingerprint density at radius 2 is 1.06 bits per heavy atom. The number of unbranched alkanes of at least 4 members (excludes halogenated alkanes) is 12. The topological polar surface area (TPSA) is 111 Å². The summed E-state index contributed by atoms with van der Waals surface area (Å²) >= 11 is 0. The average molecular weight is 766 g/mol. The molecule has 0 aliphatic rings. The van der Waals surface area contributed by atoms with E-state index in [1.54, 1.807) is 0 Å². The summed E-state index contributed by atoms with van der Waals surface area (Å²) in [7, 11) is 1.11. The molecule has 0 bridgehead atoms. The van der Waals surface area contributed by atoms with Gasteiger partial charge >= 0.3 is 11.9 Å². The van der Waals surface area contributed by atoms with Crippen molar-refractivity contribution in [3.8, 4) is 0 Å². The molecule has 0 rings (SSSR count). The minimum Gasteiger partial charge on any atom is -0.756 e. The number of phosphoric ester groups is 1. The Morgan fingerprint density at radius 3 is 1.55 bits per heavy atom. The van der Waals surface area contributed by atoms with Gasteiger partial charge in [-0.25, -0.2) is 0 Å². The van der Waals surface area contributed by atoms with E-state index < -0.39 is 32.5 Å². The van der Waals surface area contributed by atoms with Gasteiger partial charge in [0.15, 0.2) is 6.10 Å². The molecule has 9 nitrogen and oxygen atoms in total. The Kier molecular flexibility index (Phi) is 33.9. The van der Waals surface area contributed by atoms with Gasteiger partial charge in [0.05, 0.1) is 27.7 Å². The third-order valence-electron chi connectivity index (χ3n) is 8.29. The van der Waals surface area contributed by atoms with Crippen LogP contribution < -0.4 is 4.89 Å². The highest BCUT2D eigenvalue weighted by molar-refractivity contribution is 7.45. The van der Waals surface area contributed by atoms with Gasteiger partial charge in [0.2, 0.25) is 0 Å². The van der Waals surface area contributed by atoms with Gasteiger partial charge in [-0.2, -0.15) is 0 Å². The summed E-state index contributed by atoms with van der Waals surface area (Å²) in [6.45, 7) is 4.05. The lowest BCUT2D eigenvalue weighted by atomic mass is 10.0. The fourth-order valence-corrected chi connectivity index (χ4v) is 5.78. The predicted molar refractivity (Wildman–Crippen MR) is 217 cm³/mol. The standard InChI is InChI=1S/C43H76NO8P/c1-6-8-10-12-14-16-18-20-21-22-23-24-26-28-30-32-34-36-43(46)52-41(40-51-53(47,48)50-38-37-44(3,4)5)39-49-42(45)35-33-31-29-27-25-19-17-15-13-11-9-7-2/h10,12,16,18,21-22,24,26,30,32,41H,6-9,11,13-15,17,19-20,23,25,27-29,31,33-40H2,1-5H3/b12-10-,18-16-,22-21-,26-24-,32-30-. The van der Waals surface area contributed by atoms with Crippen molar-refractivity contribution in [1.82, 2.24) is 0 Å². The summed E-state index contributed by atoms with van der Waals surface area (Å²) in [5.41, 5.74) is 0. The number of rotatable bonds is 36. The maximum atomic E-state index is 12.6. The van der Waals surface area contributed by atoms with Crippen LogP contribution in [0, 0.1) is 0 Å². The van der Waals surface area contributed by atoms with Crippen LogP contribution in [0.1, 0.15) is 149 Å². The molecule has 2 unspecified atom stereocenters. The molecule has 0 fully saturated rings. The van der Waals surface area contributed by atoms with E-state index in [9.17, 15) is 19.0 Å². The molecular formula is C43H76NO8P. The van der Waals surface area contributed by atoms with Crippen molar-refractivity contribution in [3.63, 3.8) is 0 Å². The van der Waals surface area contributed by atoms with Crippen LogP contribution in [-0.4, -0.2) is 70.0 Å². The van der Waals surface area contributed by atoms with Crippen LogP contribution in [-0.2, 0) is 32.7 Å². The molecule has 10 heteroatoms. The van der Waals surface area contributed by atoms with E-state index in [2.05, 4.69) is 62.5 Å². The molecule has 2 atom stereocenters. The first-order valence-corrected chi connectivity index (χ1v) is 22.0. The number of esters is 2. The zero-order chi connectivity index (χ0) is 39.3. The molecular weight excluding hydrogens is 689 g/mol. The number of hydrogen-bond acceptors (Lipinski definition) is 8. The number of hydrogen-bond donors (Lipinski definition) is 0. The van der Waals surface area contributed by atoms with E-state index in [4.69, 9.17) is 18.5 Å².